The van der Waals surface area contributed by atoms with E-state index in [0.717, 1.165) is 32.1 Å². The van der Waals surface area contributed by atoms with E-state index in [1.54, 1.807) is 11.0 Å². The van der Waals surface area contributed by atoms with Gasteiger partial charge in [0.2, 0.25) is 5.91 Å². The Balaban J connectivity index is 2.40. The average Bonchev–Trinajstić information content (AvgIpc) is 3.16. The van der Waals surface area contributed by atoms with Crippen molar-refractivity contribution in [2.24, 2.45) is 5.41 Å². The van der Waals surface area contributed by atoms with Crippen LogP contribution < -0.4 is 5.32 Å². The second-order valence-electron chi connectivity index (χ2n) is 13.6. The minimum atomic E-state index is -1.72. The van der Waals surface area contributed by atoms with E-state index < -0.39 is 36.4 Å². The monoisotopic (exact) mass is 640 g/mol. The van der Waals surface area contributed by atoms with Crippen LogP contribution in [0, 0.1) is 5.41 Å². The fourth-order valence-electron chi connectivity index (χ4n) is 5.45. The number of amides is 2. The zero-order valence-electron chi connectivity index (χ0n) is 28.8. The molecule has 5 atom stereocenters. The van der Waals surface area contributed by atoms with Gasteiger partial charge in [-0.15, -0.1) is 0 Å². The van der Waals surface area contributed by atoms with Crippen LogP contribution >= 0.6 is 0 Å². The first-order chi connectivity index (χ1) is 21.4. The number of hydrogen-bond acceptors (Lipinski definition) is 8. The lowest BCUT2D eigenvalue weighted by molar-refractivity contribution is -0.152. The van der Waals surface area contributed by atoms with E-state index in [2.05, 4.69) is 12.2 Å². The fraction of sp³-hybridized carbons (Fsp3) is 0.857. The van der Waals surface area contributed by atoms with Crippen molar-refractivity contribution >= 4 is 17.8 Å². The number of ether oxygens (including phenoxy) is 2. The van der Waals surface area contributed by atoms with Crippen LogP contribution in [0.4, 0.5) is 0 Å². The standard InChI is InChI=1S/C35H64N2O8/c1-6-7-8-9-10-11-12-13-14-15-16-21-29(39)45-26-19-25-37-24-18-17-20-27(34(37)43)36-33(42)32(44-5)31(41)30(40)28(38)22-23-35(2,3)4/h22-23,27-28,30-32,38,40-41H,6-21,24-26H2,1-5H3,(H,36,42)/t27-,28+,30-,31+,32+/m0/s1. The third-order valence-corrected chi connectivity index (χ3v) is 8.23. The van der Waals surface area contributed by atoms with Crippen molar-refractivity contribution in [2.45, 2.75) is 161 Å². The van der Waals surface area contributed by atoms with E-state index in [1.165, 1.54) is 64.6 Å². The molecule has 1 aliphatic heterocycles. The zero-order chi connectivity index (χ0) is 33.7. The Kier molecular flexibility index (Phi) is 21.3. The molecule has 10 heteroatoms. The van der Waals surface area contributed by atoms with Crippen molar-refractivity contribution in [1.82, 2.24) is 10.2 Å². The van der Waals surface area contributed by atoms with E-state index in [4.69, 9.17) is 9.47 Å². The van der Waals surface area contributed by atoms with Crippen LogP contribution in [0.1, 0.15) is 130 Å². The largest absolute Gasteiger partial charge is 0.466 e. The first kappa shape index (κ1) is 41.0. The Hall–Kier alpha value is -2.01. The lowest BCUT2D eigenvalue weighted by Crippen LogP contribution is -2.55. The molecule has 1 rings (SSSR count). The minimum Gasteiger partial charge on any atom is -0.466 e. The SMILES string of the molecule is CCCCCCCCCCCCCC(=O)OCCCN1CCCC[C@H](NC(=O)[C@H](OC)[C@H](O)[C@@H](O)[C@H](O)C=CC(C)(C)C)C1=O. The van der Waals surface area contributed by atoms with Crippen molar-refractivity contribution in [3.05, 3.63) is 12.2 Å². The molecule has 1 fully saturated rings. The maximum atomic E-state index is 13.2. The van der Waals surface area contributed by atoms with Crippen LogP contribution in [-0.2, 0) is 23.9 Å². The topological polar surface area (TPSA) is 146 Å². The van der Waals surface area contributed by atoms with Crippen LogP contribution in [-0.4, -0.2) is 95.3 Å². The molecule has 1 heterocycles. The molecule has 45 heavy (non-hydrogen) atoms. The summed E-state index contributed by atoms with van der Waals surface area (Å²) >= 11 is 0. The van der Waals surface area contributed by atoms with E-state index in [9.17, 15) is 29.7 Å². The van der Waals surface area contributed by atoms with Gasteiger partial charge in [-0.05, 0) is 37.5 Å². The highest BCUT2D eigenvalue weighted by molar-refractivity contribution is 5.89. The number of allylic oxidation sites excluding steroid dienone is 1. The summed E-state index contributed by atoms with van der Waals surface area (Å²) < 4.78 is 10.6. The van der Waals surface area contributed by atoms with Crippen LogP contribution in [0.3, 0.4) is 0 Å². The molecule has 1 saturated heterocycles. The van der Waals surface area contributed by atoms with Crippen molar-refractivity contribution in [2.75, 3.05) is 26.8 Å². The number of carbonyl (C=O) groups excluding carboxylic acids is 3. The van der Waals surface area contributed by atoms with Gasteiger partial charge in [-0.2, -0.15) is 0 Å². The molecule has 0 aliphatic carbocycles. The summed E-state index contributed by atoms with van der Waals surface area (Å²) in [7, 11) is 1.22. The van der Waals surface area contributed by atoms with Gasteiger partial charge in [0.1, 0.15) is 24.4 Å². The zero-order valence-corrected chi connectivity index (χ0v) is 28.8. The summed E-state index contributed by atoms with van der Waals surface area (Å²) in [5, 5.41) is 34.0. The number of unbranched alkanes of at least 4 members (excludes halogenated alkanes) is 10. The van der Waals surface area contributed by atoms with Gasteiger partial charge in [0.25, 0.3) is 5.91 Å². The second kappa shape index (κ2) is 23.3. The molecule has 0 aromatic rings. The molecule has 0 spiro atoms. The lowest BCUT2D eigenvalue weighted by Gasteiger charge is -2.29. The van der Waals surface area contributed by atoms with Crippen LogP contribution in [0.2, 0.25) is 0 Å². The van der Waals surface area contributed by atoms with E-state index >= 15 is 0 Å². The maximum Gasteiger partial charge on any atom is 0.305 e. The van der Waals surface area contributed by atoms with Gasteiger partial charge in [-0.1, -0.05) is 104 Å². The summed E-state index contributed by atoms with van der Waals surface area (Å²) in [6, 6.07) is -0.809. The van der Waals surface area contributed by atoms with Crippen molar-refractivity contribution < 1.29 is 39.2 Å². The summed E-state index contributed by atoms with van der Waals surface area (Å²) in [6.45, 7) is 9.18. The smallest absolute Gasteiger partial charge is 0.305 e. The summed E-state index contributed by atoms with van der Waals surface area (Å²) in [5.74, 6) is -1.19. The first-order valence-corrected chi connectivity index (χ1v) is 17.4. The number of rotatable bonds is 23. The molecule has 10 nitrogen and oxygen atoms in total. The highest BCUT2D eigenvalue weighted by Crippen LogP contribution is 2.18. The van der Waals surface area contributed by atoms with Crippen molar-refractivity contribution in [3.63, 3.8) is 0 Å². The normalized spacial score (nSPS) is 18.8. The van der Waals surface area contributed by atoms with E-state index in [1.807, 2.05) is 20.8 Å². The molecule has 0 bridgehead atoms. The fourth-order valence-corrected chi connectivity index (χ4v) is 5.45. The molecule has 0 aromatic carbocycles. The van der Waals surface area contributed by atoms with Crippen LogP contribution in [0.5, 0.6) is 0 Å². The lowest BCUT2D eigenvalue weighted by atomic mass is 9.94. The number of aliphatic hydroxyl groups excluding tert-OH is 3. The minimum absolute atomic E-state index is 0.205. The van der Waals surface area contributed by atoms with Crippen molar-refractivity contribution in [3.8, 4) is 0 Å². The molecule has 262 valence electrons. The number of nitrogens with one attached hydrogen (secondary N) is 1. The number of aliphatic hydroxyl groups is 3. The number of hydrogen-bond donors (Lipinski definition) is 4. The van der Waals surface area contributed by atoms with Gasteiger partial charge < -0.3 is 35.0 Å². The Labute approximate surface area is 272 Å². The van der Waals surface area contributed by atoms with Crippen LogP contribution in [0.15, 0.2) is 12.2 Å². The average molecular weight is 641 g/mol. The molecule has 1 aliphatic rings. The Morgan fingerprint density at radius 1 is 0.933 bits per heavy atom. The number of nitrogens with zero attached hydrogens (tertiary/aromatic N) is 1. The Bertz CT molecular complexity index is 859. The maximum absolute atomic E-state index is 13.2. The quantitative estimate of drug-likeness (QED) is 0.0707. The van der Waals surface area contributed by atoms with Crippen LogP contribution in [0.25, 0.3) is 0 Å². The van der Waals surface area contributed by atoms with Gasteiger partial charge in [0, 0.05) is 26.6 Å². The van der Waals surface area contributed by atoms with Gasteiger partial charge >= 0.3 is 5.97 Å². The first-order valence-electron chi connectivity index (χ1n) is 17.4. The third-order valence-electron chi connectivity index (χ3n) is 8.23. The van der Waals surface area contributed by atoms with Crippen molar-refractivity contribution in [1.29, 1.82) is 0 Å². The highest BCUT2D eigenvalue weighted by atomic mass is 16.5. The highest BCUT2D eigenvalue weighted by Gasteiger charge is 2.37. The molecule has 2 amide bonds. The summed E-state index contributed by atoms with van der Waals surface area (Å²) in [4.78, 5) is 40.1. The number of likely N-dealkylation sites (tertiary alicyclic amines) is 1. The summed E-state index contributed by atoms with van der Waals surface area (Å²) in [5.41, 5.74) is -0.247. The molecular weight excluding hydrogens is 576 g/mol. The van der Waals surface area contributed by atoms with E-state index in [-0.39, 0.29) is 23.9 Å². The molecule has 4 N–H and O–H groups in total. The van der Waals surface area contributed by atoms with Gasteiger partial charge in [0.05, 0.1) is 6.61 Å². The molecule has 0 saturated carbocycles. The molecule has 0 aromatic heterocycles. The van der Waals surface area contributed by atoms with Gasteiger partial charge in [-0.3, -0.25) is 14.4 Å². The van der Waals surface area contributed by atoms with E-state index in [0.29, 0.717) is 32.4 Å². The number of methoxy groups -OCH3 is 1. The second-order valence-corrected chi connectivity index (χ2v) is 13.6. The van der Waals surface area contributed by atoms with Gasteiger partial charge in [0.15, 0.2) is 6.10 Å². The molecular formula is C35H64N2O8. The Morgan fingerprint density at radius 3 is 2.11 bits per heavy atom. The predicted molar refractivity (Wildman–Crippen MR) is 176 cm³/mol. The number of esters is 1. The predicted octanol–water partition coefficient (Wildman–Crippen LogP) is 4.82. The molecule has 0 unspecified atom stereocenters. The molecule has 0 radical (unpaired) electrons. The number of carbonyl (C=O) groups is 3. The Morgan fingerprint density at radius 2 is 1.53 bits per heavy atom. The van der Waals surface area contributed by atoms with Gasteiger partial charge in [-0.25, -0.2) is 0 Å². The summed E-state index contributed by atoms with van der Waals surface area (Å²) in [6.07, 6.45) is 13.1. The third kappa shape index (κ3) is 18.1.